The standard InChI is InChI=1S/C36H56INO3/c1-32(2)27(25-9-7-24(22-39)8-10-25)13-18-34(4)30(32)15-19-33(3)28-14-20-35(38-21-26(40)23-41-5)16-6-17-36(35,37)29(28)11-12-31(33)34/h9,13,22,24,26,28-31,38,40H,6-8,10-12,14-21,23H2,1-5H3/t24-,26-,28?,29-,30?,31?,33-,34-,35-,36-/m0/s1. The predicted octanol–water partition coefficient (Wildman–Crippen LogP) is 7.82. The Kier molecular flexibility index (Phi) is 8.24. The lowest BCUT2D eigenvalue weighted by molar-refractivity contribution is -0.170. The van der Waals surface area contributed by atoms with Gasteiger partial charge in [-0.15, -0.1) is 0 Å². The van der Waals surface area contributed by atoms with Gasteiger partial charge in [-0.3, -0.25) is 0 Å². The van der Waals surface area contributed by atoms with Gasteiger partial charge in [-0.2, -0.15) is 0 Å². The summed E-state index contributed by atoms with van der Waals surface area (Å²) in [4.78, 5) is 11.4. The summed E-state index contributed by atoms with van der Waals surface area (Å²) in [5.74, 6) is 3.32. The fourth-order valence-electron chi connectivity index (χ4n) is 12.4. The zero-order chi connectivity index (χ0) is 29.3. The van der Waals surface area contributed by atoms with E-state index in [1.165, 1.54) is 70.5 Å². The zero-order valence-corrected chi connectivity index (χ0v) is 28.6. The summed E-state index contributed by atoms with van der Waals surface area (Å²) in [7, 11) is 1.68. The molecule has 2 N–H and O–H groups in total. The van der Waals surface area contributed by atoms with Crippen molar-refractivity contribution < 1.29 is 14.6 Å². The molecule has 0 aromatic rings. The molecule has 4 nitrogen and oxygen atoms in total. The topological polar surface area (TPSA) is 58.6 Å². The van der Waals surface area contributed by atoms with Gasteiger partial charge in [0.1, 0.15) is 6.29 Å². The number of fused-ring (bicyclic) bond motifs is 7. The Morgan fingerprint density at radius 1 is 1.00 bits per heavy atom. The molecule has 0 radical (unpaired) electrons. The molecule has 0 spiro atoms. The normalized spacial score (nSPS) is 47.6. The van der Waals surface area contributed by atoms with Gasteiger partial charge in [0.25, 0.3) is 0 Å². The molecule has 5 heteroatoms. The van der Waals surface area contributed by atoms with Crippen LogP contribution in [0.3, 0.4) is 0 Å². The number of aliphatic hydroxyl groups excluding tert-OH is 1. The van der Waals surface area contributed by atoms with Gasteiger partial charge in [0.05, 0.1) is 12.7 Å². The summed E-state index contributed by atoms with van der Waals surface area (Å²) >= 11 is 2.93. The molecule has 0 aromatic carbocycles. The number of halogens is 1. The van der Waals surface area contributed by atoms with Crippen LogP contribution in [0.1, 0.15) is 111 Å². The molecule has 0 aliphatic heterocycles. The van der Waals surface area contributed by atoms with Gasteiger partial charge in [0, 0.05) is 28.5 Å². The third-order valence-electron chi connectivity index (χ3n) is 14.2. The maximum Gasteiger partial charge on any atom is 0.123 e. The van der Waals surface area contributed by atoms with E-state index in [4.69, 9.17) is 4.74 Å². The Balaban J connectivity index is 1.26. The molecular formula is C36H56INO3. The highest BCUT2D eigenvalue weighted by Gasteiger charge is 2.69. The second-order valence-electron chi connectivity index (χ2n) is 16.2. The minimum Gasteiger partial charge on any atom is -0.389 e. The molecule has 4 fully saturated rings. The molecule has 6 aliphatic carbocycles. The van der Waals surface area contributed by atoms with Gasteiger partial charge < -0.3 is 20.0 Å². The molecule has 4 saturated carbocycles. The third kappa shape index (κ3) is 4.62. The number of hydrogen-bond donors (Lipinski definition) is 2. The molecule has 6 rings (SSSR count). The Morgan fingerprint density at radius 3 is 2.51 bits per heavy atom. The van der Waals surface area contributed by atoms with Crippen molar-refractivity contribution in [2.45, 2.75) is 126 Å². The largest absolute Gasteiger partial charge is 0.389 e. The van der Waals surface area contributed by atoms with Crippen molar-refractivity contribution in [1.29, 1.82) is 0 Å². The fourth-order valence-corrected chi connectivity index (χ4v) is 14.3. The van der Waals surface area contributed by atoms with Gasteiger partial charge >= 0.3 is 0 Å². The number of alkyl halides is 1. The van der Waals surface area contributed by atoms with E-state index in [2.05, 4.69) is 67.8 Å². The van der Waals surface area contributed by atoms with Gasteiger partial charge in [-0.1, -0.05) is 68.9 Å². The summed E-state index contributed by atoms with van der Waals surface area (Å²) in [6, 6.07) is 0. The number of aldehydes is 1. The van der Waals surface area contributed by atoms with Gasteiger partial charge in [-0.05, 0) is 128 Å². The van der Waals surface area contributed by atoms with E-state index >= 15 is 0 Å². The van der Waals surface area contributed by atoms with Crippen LogP contribution in [0.4, 0.5) is 0 Å². The van der Waals surface area contributed by atoms with Crippen molar-refractivity contribution in [3.8, 4) is 0 Å². The van der Waals surface area contributed by atoms with Crippen LogP contribution in [-0.2, 0) is 9.53 Å². The van der Waals surface area contributed by atoms with Gasteiger partial charge in [0.2, 0.25) is 0 Å². The summed E-state index contributed by atoms with van der Waals surface area (Å²) in [5, 5.41) is 14.5. The first-order chi connectivity index (χ1) is 19.4. The Morgan fingerprint density at radius 2 is 1.80 bits per heavy atom. The number of ether oxygens (including phenoxy) is 1. The molecule has 6 aliphatic rings. The average molecular weight is 678 g/mol. The first kappa shape index (κ1) is 30.8. The molecule has 41 heavy (non-hydrogen) atoms. The van der Waals surface area contributed by atoms with Gasteiger partial charge in [0.15, 0.2) is 0 Å². The highest BCUT2D eigenvalue weighted by molar-refractivity contribution is 14.1. The summed E-state index contributed by atoms with van der Waals surface area (Å²) in [6.45, 7) is 11.6. The minimum atomic E-state index is -0.430. The number of carbonyl (C=O) groups excluding carboxylic acids is 1. The maximum atomic E-state index is 11.4. The first-order valence-corrected chi connectivity index (χ1v) is 18.0. The number of aliphatic hydroxyl groups is 1. The Labute approximate surface area is 263 Å². The lowest BCUT2D eigenvalue weighted by Gasteiger charge is -2.69. The predicted molar refractivity (Wildman–Crippen MR) is 175 cm³/mol. The van der Waals surface area contributed by atoms with Crippen LogP contribution in [-0.4, -0.2) is 46.7 Å². The van der Waals surface area contributed by atoms with Crippen molar-refractivity contribution >= 4 is 28.9 Å². The van der Waals surface area contributed by atoms with Crippen LogP contribution in [0.2, 0.25) is 0 Å². The Bertz CT molecular complexity index is 1080. The Hall–Kier alpha value is -0.240. The second kappa shape index (κ2) is 11.0. The lowest BCUT2D eigenvalue weighted by Crippen LogP contribution is -2.69. The highest BCUT2D eigenvalue weighted by atomic mass is 127. The highest BCUT2D eigenvalue weighted by Crippen LogP contribution is 2.74. The van der Waals surface area contributed by atoms with E-state index in [0.29, 0.717) is 24.0 Å². The molecule has 0 heterocycles. The van der Waals surface area contributed by atoms with Crippen molar-refractivity contribution in [1.82, 2.24) is 5.32 Å². The van der Waals surface area contributed by atoms with Crippen molar-refractivity contribution in [2.24, 2.45) is 45.8 Å². The SMILES string of the molecule is COC[C@@H](O)CN[C@]12CCC[C@]1(I)[C@H]1CCC3[C@@](C)(CCC4C(C)(C)C(C5=CC[C@H](C=O)CC5)=CC[C@@]43C)C1CC2. The smallest absolute Gasteiger partial charge is 0.123 e. The molecular weight excluding hydrogens is 621 g/mol. The van der Waals surface area contributed by atoms with Crippen LogP contribution < -0.4 is 5.32 Å². The number of allylic oxidation sites excluding steroid dienone is 4. The van der Waals surface area contributed by atoms with E-state index in [9.17, 15) is 9.90 Å². The van der Waals surface area contributed by atoms with Crippen LogP contribution in [0.25, 0.3) is 0 Å². The molecule has 0 aromatic heterocycles. The number of β-amino-alcohol motifs (C(OH)–C–C–N with tert-alkyl or cyclic N) is 1. The average Bonchev–Trinajstić information content (AvgIpc) is 3.29. The van der Waals surface area contributed by atoms with Crippen LogP contribution in [0.15, 0.2) is 23.3 Å². The van der Waals surface area contributed by atoms with Crippen LogP contribution in [0, 0.1) is 45.8 Å². The number of rotatable bonds is 7. The first-order valence-electron chi connectivity index (χ1n) is 16.9. The van der Waals surface area contributed by atoms with E-state index < -0.39 is 6.10 Å². The number of hydrogen-bond acceptors (Lipinski definition) is 4. The molecule has 3 unspecified atom stereocenters. The lowest BCUT2D eigenvalue weighted by atomic mass is 9.37. The quantitative estimate of drug-likeness (QED) is 0.164. The van der Waals surface area contributed by atoms with Gasteiger partial charge in [-0.25, -0.2) is 0 Å². The minimum absolute atomic E-state index is 0.162. The van der Waals surface area contributed by atoms with Crippen molar-refractivity contribution in [3.05, 3.63) is 23.3 Å². The second-order valence-corrected chi connectivity index (χ2v) is 18.1. The number of methoxy groups -OCH3 is 1. The van der Waals surface area contributed by atoms with Crippen LogP contribution >= 0.6 is 22.6 Å². The molecule has 0 amide bonds. The molecule has 10 atom stereocenters. The summed E-state index contributed by atoms with van der Waals surface area (Å²) < 4.78 is 5.53. The maximum absolute atomic E-state index is 11.4. The van der Waals surface area contributed by atoms with E-state index in [1.807, 2.05) is 0 Å². The number of carbonyl (C=O) groups is 1. The fraction of sp³-hybridized carbons (Fsp3) is 0.861. The van der Waals surface area contributed by atoms with E-state index in [-0.39, 0.29) is 20.3 Å². The molecule has 0 bridgehead atoms. The molecule has 0 saturated heterocycles. The summed E-state index contributed by atoms with van der Waals surface area (Å²) in [6.07, 6.45) is 22.0. The van der Waals surface area contributed by atoms with Crippen molar-refractivity contribution in [2.75, 3.05) is 20.3 Å². The van der Waals surface area contributed by atoms with Crippen molar-refractivity contribution in [3.63, 3.8) is 0 Å². The van der Waals surface area contributed by atoms with E-state index in [1.54, 1.807) is 18.3 Å². The van der Waals surface area contributed by atoms with Crippen LogP contribution in [0.5, 0.6) is 0 Å². The molecule has 230 valence electrons. The van der Waals surface area contributed by atoms with E-state index in [0.717, 1.165) is 42.9 Å². The third-order valence-corrected chi connectivity index (χ3v) is 16.6. The zero-order valence-electron chi connectivity index (χ0n) is 26.4. The summed E-state index contributed by atoms with van der Waals surface area (Å²) in [5.41, 5.74) is 4.29. The number of nitrogens with one attached hydrogen (secondary N) is 1. The monoisotopic (exact) mass is 677 g/mol.